The van der Waals surface area contributed by atoms with Gasteiger partial charge < -0.3 is 14.2 Å². The minimum Gasteiger partial charge on any atom is -0.462 e. The summed E-state index contributed by atoms with van der Waals surface area (Å²) in [5.74, 6) is -0.406. The van der Waals surface area contributed by atoms with Crippen LogP contribution in [0.2, 0.25) is 0 Å². The lowest BCUT2D eigenvalue weighted by Crippen LogP contribution is -2.30. The Hall–Kier alpha value is -1.62. The molecule has 0 aliphatic heterocycles. The molecule has 1 atom stereocenters. The third kappa shape index (κ3) is 39.2. The molecule has 0 heterocycles. The van der Waals surface area contributed by atoms with Crippen molar-refractivity contribution in [3.05, 3.63) is 24.3 Å². The monoisotopic (exact) mass is 705 g/mol. The molecular weight excluding hydrogens is 620 g/mol. The van der Waals surface area contributed by atoms with E-state index in [2.05, 4.69) is 45.1 Å². The molecule has 0 saturated carbocycles. The van der Waals surface area contributed by atoms with Gasteiger partial charge in [-0.05, 0) is 51.4 Å². The third-order valence-electron chi connectivity index (χ3n) is 9.49. The summed E-state index contributed by atoms with van der Waals surface area (Å²) in [5.41, 5.74) is 0. The molecule has 0 aromatic carbocycles. The minimum atomic E-state index is -0.530. The Morgan fingerprint density at radius 3 is 1.36 bits per heavy atom. The SMILES string of the molecule is CCCCC/C=C\C/C=C\CCCCCCCC(=O)OCC(COCCCCCCCCCC)OC(=O)CCCCCCCCCCCCC. The van der Waals surface area contributed by atoms with E-state index in [9.17, 15) is 9.59 Å². The molecule has 0 radical (unpaired) electrons. The number of ether oxygens (including phenoxy) is 3. The van der Waals surface area contributed by atoms with Crippen molar-refractivity contribution < 1.29 is 23.8 Å². The van der Waals surface area contributed by atoms with E-state index in [4.69, 9.17) is 14.2 Å². The van der Waals surface area contributed by atoms with Gasteiger partial charge in [0.15, 0.2) is 6.10 Å². The Kier molecular flexibility index (Phi) is 40.4. The highest BCUT2D eigenvalue weighted by molar-refractivity contribution is 5.70. The average molecular weight is 705 g/mol. The second kappa shape index (κ2) is 41.8. The molecule has 50 heavy (non-hydrogen) atoms. The molecule has 294 valence electrons. The summed E-state index contributed by atoms with van der Waals surface area (Å²) in [6, 6.07) is 0. The van der Waals surface area contributed by atoms with Crippen LogP contribution in [0, 0.1) is 0 Å². The first kappa shape index (κ1) is 48.4. The molecule has 0 N–H and O–H groups in total. The maximum absolute atomic E-state index is 12.6. The van der Waals surface area contributed by atoms with Crippen molar-refractivity contribution in [2.75, 3.05) is 19.8 Å². The van der Waals surface area contributed by atoms with Crippen molar-refractivity contribution in [2.45, 2.75) is 232 Å². The van der Waals surface area contributed by atoms with Crippen LogP contribution in [0.1, 0.15) is 226 Å². The number of allylic oxidation sites excluding steroid dienone is 4. The number of hydrogen-bond donors (Lipinski definition) is 0. The van der Waals surface area contributed by atoms with Crippen LogP contribution in [0.25, 0.3) is 0 Å². The van der Waals surface area contributed by atoms with Crippen LogP contribution in [0.5, 0.6) is 0 Å². The maximum Gasteiger partial charge on any atom is 0.306 e. The molecule has 0 rings (SSSR count). The van der Waals surface area contributed by atoms with Gasteiger partial charge in [0.05, 0.1) is 6.61 Å². The molecular formula is C45H84O5. The fraction of sp³-hybridized carbons (Fsp3) is 0.867. The standard InChI is InChI=1S/C45H84O5/c1-4-7-10-13-16-19-21-22-23-24-26-27-29-32-35-38-44(46)49-42-43(41-48-40-37-34-31-18-15-12-9-6-3)50-45(47)39-36-33-30-28-25-20-17-14-11-8-5-2/h16,19,22-23,43H,4-15,17-18,20-21,24-42H2,1-3H3/b19-16-,23-22-. The van der Waals surface area contributed by atoms with E-state index < -0.39 is 6.10 Å². The molecule has 0 fully saturated rings. The van der Waals surface area contributed by atoms with Gasteiger partial charge in [-0.25, -0.2) is 0 Å². The zero-order chi connectivity index (χ0) is 36.4. The summed E-state index contributed by atoms with van der Waals surface area (Å²) in [4.78, 5) is 25.1. The lowest BCUT2D eigenvalue weighted by Gasteiger charge is -2.18. The van der Waals surface area contributed by atoms with Gasteiger partial charge in [-0.1, -0.05) is 186 Å². The van der Waals surface area contributed by atoms with Crippen molar-refractivity contribution >= 4 is 11.9 Å². The van der Waals surface area contributed by atoms with Crippen LogP contribution in [0.3, 0.4) is 0 Å². The van der Waals surface area contributed by atoms with Gasteiger partial charge in [-0.3, -0.25) is 9.59 Å². The Morgan fingerprint density at radius 1 is 0.440 bits per heavy atom. The average Bonchev–Trinajstić information content (AvgIpc) is 3.11. The minimum absolute atomic E-state index is 0.0839. The van der Waals surface area contributed by atoms with Gasteiger partial charge in [-0.15, -0.1) is 0 Å². The topological polar surface area (TPSA) is 61.8 Å². The molecule has 5 heteroatoms. The second-order valence-electron chi connectivity index (χ2n) is 14.6. The highest BCUT2D eigenvalue weighted by Gasteiger charge is 2.17. The molecule has 0 spiro atoms. The highest BCUT2D eigenvalue weighted by atomic mass is 16.6. The van der Waals surface area contributed by atoms with Crippen molar-refractivity contribution in [1.82, 2.24) is 0 Å². The summed E-state index contributed by atoms with van der Waals surface area (Å²) < 4.78 is 17.2. The number of carbonyl (C=O) groups is 2. The number of esters is 2. The van der Waals surface area contributed by atoms with Crippen molar-refractivity contribution in [3.8, 4) is 0 Å². The first-order valence-electron chi connectivity index (χ1n) is 21.9. The van der Waals surface area contributed by atoms with Crippen LogP contribution < -0.4 is 0 Å². The van der Waals surface area contributed by atoms with E-state index in [1.807, 2.05) is 0 Å². The van der Waals surface area contributed by atoms with Crippen LogP contribution in [0.15, 0.2) is 24.3 Å². The normalized spacial score (nSPS) is 12.3. The molecule has 0 bridgehead atoms. The smallest absolute Gasteiger partial charge is 0.306 e. The largest absolute Gasteiger partial charge is 0.462 e. The van der Waals surface area contributed by atoms with Gasteiger partial charge >= 0.3 is 11.9 Å². The Labute approximate surface area is 311 Å². The van der Waals surface area contributed by atoms with Crippen LogP contribution in [-0.2, 0) is 23.8 Å². The number of hydrogen-bond acceptors (Lipinski definition) is 5. The van der Waals surface area contributed by atoms with E-state index in [0.29, 0.717) is 19.4 Å². The molecule has 0 amide bonds. The highest BCUT2D eigenvalue weighted by Crippen LogP contribution is 2.14. The van der Waals surface area contributed by atoms with Gasteiger partial charge in [0.2, 0.25) is 0 Å². The summed E-state index contributed by atoms with van der Waals surface area (Å²) in [6.45, 7) is 7.78. The van der Waals surface area contributed by atoms with Crippen molar-refractivity contribution in [2.24, 2.45) is 0 Å². The van der Waals surface area contributed by atoms with Crippen molar-refractivity contribution in [1.29, 1.82) is 0 Å². The molecule has 0 aromatic rings. The van der Waals surface area contributed by atoms with Crippen molar-refractivity contribution in [3.63, 3.8) is 0 Å². The molecule has 0 aliphatic carbocycles. The van der Waals surface area contributed by atoms with Gasteiger partial charge in [0.25, 0.3) is 0 Å². The quantitative estimate of drug-likeness (QED) is 0.0361. The summed E-state index contributed by atoms with van der Waals surface area (Å²) in [6.07, 6.45) is 45.9. The second-order valence-corrected chi connectivity index (χ2v) is 14.6. The zero-order valence-corrected chi connectivity index (χ0v) is 33.7. The lowest BCUT2D eigenvalue weighted by molar-refractivity contribution is -0.163. The van der Waals surface area contributed by atoms with Gasteiger partial charge in [0, 0.05) is 19.4 Å². The molecule has 0 saturated heterocycles. The predicted molar refractivity (Wildman–Crippen MR) is 215 cm³/mol. The summed E-state index contributed by atoms with van der Waals surface area (Å²) in [5, 5.41) is 0. The number of unbranched alkanes of at least 4 members (excludes halogenated alkanes) is 25. The van der Waals surface area contributed by atoms with E-state index in [0.717, 1.165) is 57.8 Å². The van der Waals surface area contributed by atoms with Crippen LogP contribution in [-0.4, -0.2) is 37.9 Å². The van der Waals surface area contributed by atoms with E-state index in [1.165, 1.54) is 135 Å². The van der Waals surface area contributed by atoms with E-state index >= 15 is 0 Å². The predicted octanol–water partition coefficient (Wildman–Crippen LogP) is 14.1. The first-order chi connectivity index (χ1) is 24.6. The van der Waals surface area contributed by atoms with Gasteiger partial charge in [0.1, 0.15) is 6.61 Å². The summed E-state index contributed by atoms with van der Waals surface area (Å²) in [7, 11) is 0. The fourth-order valence-electron chi connectivity index (χ4n) is 6.19. The molecule has 1 unspecified atom stereocenters. The fourth-order valence-corrected chi connectivity index (χ4v) is 6.19. The van der Waals surface area contributed by atoms with E-state index in [1.54, 1.807) is 0 Å². The molecule has 5 nitrogen and oxygen atoms in total. The first-order valence-corrected chi connectivity index (χ1v) is 21.9. The lowest BCUT2D eigenvalue weighted by atomic mass is 10.1. The van der Waals surface area contributed by atoms with Crippen LogP contribution >= 0.6 is 0 Å². The van der Waals surface area contributed by atoms with Crippen LogP contribution in [0.4, 0.5) is 0 Å². The van der Waals surface area contributed by atoms with Gasteiger partial charge in [-0.2, -0.15) is 0 Å². The Balaban J connectivity index is 4.19. The molecule has 0 aliphatic rings. The Morgan fingerprint density at radius 2 is 0.840 bits per heavy atom. The number of carbonyl (C=O) groups excluding carboxylic acids is 2. The molecule has 0 aromatic heterocycles. The third-order valence-corrected chi connectivity index (χ3v) is 9.49. The zero-order valence-electron chi connectivity index (χ0n) is 33.7. The van der Waals surface area contributed by atoms with E-state index in [-0.39, 0.29) is 25.2 Å². The Bertz CT molecular complexity index is 761. The summed E-state index contributed by atoms with van der Waals surface area (Å²) >= 11 is 0. The number of rotatable bonds is 40. The maximum atomic E-state index is 12.6.